The molecule has 45 heavy (non-hydrogen) atoms. The molecule has 7 nitrogen and oxygen atoms in total. The van der Waals surface area contributed by atoms with Gasteiger partial charge in [-0.1, -0.05) is 29.8 Å². The normalized spacial score (nSPS) is 12.9. The molecule has 11 heteroatoms. The van der Waals surface area contributed by atoms with Gasteiger partial charge in [0.25, 0.3) is 10.0 Å². The molecular formula is C34H33ClF2N2O5S. The SMILES string of the molecule is COc1ccc(S(=O)(=O)N(CC(=O)N2CCc3cc(C)c(C)cc3C2)c2ccc(Cl)cc2Cc2c(F)cccc2F)cc1OC. The van der Waals surface area contributed by atoms with Crippen molar-refractivity contribution in [3.05, 3.63) is 117 Å². The molecule has 0 aliphatic carbocycles. The van der Waals surface area contributed by atoms with Gasteiger partial charge in [0, 0.05) is 36.2 Å². The van der Waals surface area contributed by atoms with E-state index in [1.165, 1.54) is 62.2 Å². The number of benzene rings is 4. The lowest BCUT2D eigenvalue weighted by atomic mass is 9.94. The first-order chi connectivity index (χ1) is 21.4. The van der Waals surface area contributed by atoms with Crippen LogP contribution in [0.15, 0.2) is 71.6 Å². The number of aryl methyl sites for hydroxylation is 2. The van der Waals surface area contributed by atoms with Gasteiger partial charge < -0.3 is 14.4 Å². The van der Waals surface area contributed by atoms with Crippen molar-refractivity contribution in [3.63, 3.8) is 0 Å². The lowest BCUT2D eigenvalue weighted by Gasteiger charge is -2.33. The van der Waals surface area contributed by atoms with Crippen molar-refractivity contribution in [2.45, 2.75) is 38.1 Å². The molecule has 0 aromatic heterocycles. The highest BCUT2D eigenvalue weighted by Gasteiger charge is 2.33. The molecule has 0 radical (unpaired) electrons. The number of hydrogen-bond donors (Lipinski definition) is 0. The van der Waals surface area contributed by atoms with Crippen LogP contribution in [0.25, 0.3) is 0 Å². The zero-order valence-electron chi connectivity index (χ0n) is 25.4. The lowest BCUT2D eigenvalue weighted by Crippen LogP contribution is -2.45. The van der Waals surface area contributed by atoms with E-state index in [1.54, 1.807) is 4.90 Å². The number of anilines is 1. The van der Waals surface area contributed by atoms with Crippen molar-refractivity contribution in [1.82, 2.24) is 4.90 Å². The number of sulfonamides is 1. The second kappa shape index (κ2) is 13.1. The number of halogens is 3. The summed E-state index contributed by atoms with van der Waals surface area (Å²) in [6.45, 7) is 4.22. The van der Waals surface area contributed by atoms with Gasteiger partial charge in [0.15, 0.2) is 11.5 Å². The number of methoxy groups -OCH3 is 2. The average molecular weight is 655 g/mol. The first-order valence-electron chi connectivity index (χ1n) is 14.3. The maximum Gasteiger partial charge on any atom is 0.264 e. The zero-order valence-corrected chi connectivity index (χ0v) is 26.9. The first kappa shape index (κ1) is 32.2. The highest BCUT2D eigenvalue weighted by molar-refractivity contribution is 7.92. The number of fused-ring (bicyclic) bond motifs is 1. The van der Waals surface area contributed by atoms with Crippen LogP contribution in [0.2, 0.25) is 5.02 Å². The molecule has 5 rings (SSSR count). The van der Waals surface area contributed by atoms with Gasteiger partial charge in [0.05, 0.1) is 24.8 Å². The van der Waals surface area contributed by atoms with Crippen LogP contribution in [0, 0.1) is 25.5 Å². The summed E-state index contributed by atoms with van der Waals surface area (Å²) in [4.78, 5) is 15.4. The summed E-state index contributed by atoms with van der Waals surface area (Å²) in [5, 5.41) is 0.235. The number of carbonyl (C=O) groups is 1. The summed E-state index contributed by atoms with van der Waals surface area (Å²) in [6, 6.07) is 16.2. The monoisotopic (exact) mass is 654 g/mol. The van der Waals surface area contributed by atoms with Gasteiger partial charge in [0.2, 0.25) is 5.91 Å². The van der Waals surface area contributed by atoms with Crippen molar-refractivity contribution in [2.24, 2.45) is 0 Å². The van der Waals surface area contributed by atoms with Crippen LogP contribution in [-0.4, -0.2) is 46.5 Å². The van der Waals surface area contributed by atoms with Crippen LogP contribution >= 0.6 is 11.6 Å². The largest absolute Gasteiger partial charge is 0.493 e. The van der Waals surface area contributed by atoms with E-state index in [1.807, 2.05) is 13.8 Å². The summed E-state index contributed by atoms with van der Waals surface area (Å²) in [6.07, 6.45) is 0.319. The minimum Gasteiger partial charge on any atom is -0.493 e. The maximum absolute atomic E-state index is 14.8. The molecule has 1 amide bonds. The number of rotatable bonds is 9. The summed E-state index contributed by atoms with van der Waals surface area (Å²) >= 11 is 6.31. The standard InChI is InChI=1S/C34H33ClF2N2O5S/c1-21-14-23-12-13-38(19-25(23)15-22(21)2)34(40)20-39(45(41,42)27-9-11-32(43-3)33(18-27)44-4)31-10-8-26(35)16-24(31)17-28-29(36)6-5-7-30(28)37/h5-11,14-16,18H,12-13,17,19-20H2,1-4H3. The summed E-state index contributed by atoms with van der Waals surface area (Å²) < 4.78 is 69.9. The minimum atomic E-state index is -4.45. The maximum atomic E-state index is 14.8. The Hall–Kier alpha value is -4.15. The molecule has 0 spiro atoms. The Kier molecular flexibility index (Phi) is 9.36. The Bertz CT molecular complexity index is 1860. The molecule has 0 fully saturated rings. The van der Waals surface area contributed by atoms with Crippen molar-refractivity contribution >= 4 is 33.2 Å². The Morgan fingerprint density at radius 3 is 2.24 bits per heavy atom. The van der Waals surface area contributed by atoms with Crippen LogP contribution in [0.3, 0.4) is 0 Å². The van der Waals surface area contributed by atoms with Crippen molar-refractivity contribution in [2.75, 3.05) is 31.6 Å². The third-order valence-electron chi connectivity index (χ3n) is 8.14. The van der Waals surface area contributed by atoms with E-state index in [2.05, 4.69) is 12.1 Å². The molecule has 0 bridgehead atoms. The smallest absolute Gasteiger partial charge is 0.264 e. The van der Waals surface area contributed by atoms with E-state index in [9.17, 15) is 22.0 Å². The van der Waals surface area contributed by atoms with E-state index >= 15 is 0 Å². The summed E-state index contributed by atoms with van der Waals surface area (Å²) in [5.41, 5.74) is 4.47. The second-order valence-electron chi connectivity index (χ2n) is 10.9. The van der Waals surface area contributed by atoms with Crippen LogP contribution in [0.1, 0.15) is 33.4 Å². The predicted octanol–water partition coefficient (Wildman–Crippen LogP) is 6.62. The van der Waals surface area contributed by atoms with E-state index < -0.39 is 34.1 Å². The number of carbonyl (C=O) groups excluding carboxylic acids is 1. The zero-order chi connectivity index (χ0) is 32.5. The van der Waals surface area contributed by atoms with Crippen molar-refractivity contribution in [3.8, 4) is 11.5 Å². The third-order valence-corrected chi connectivity index (χ3v) is 10.1. The quantitative estimate of drug-likeness (QED) is 0.203. The van der Waals surface area contributed by atoms with E-state index in [-0.39, 0.29) is 38.9 Å². The van der Waals surface area contributed by atoms with Crippen LogP contribution in [0.5, 0.6) is 11.5 Å². The Morgan fingerprint density at radius 1 is 0.911 bits per heavy atom. The molecule has 0 saturated carbocycles. The lowest BCUT2D eigenvalue weighted by molar-refractivity contribution is -0.130. The fourth-order valence-electron chi connectivity index (χ4n) is 5.53. The van der Waals surface area contributed by atoms with Gasteiger partial charge in [-0.25, -0.2) is 17.2 Å². The molecular weight excluding hydrogens is 622 g/mol. The summed E-state index contributed by atoms with van der Waals surface area (Å²) in [7, 11) is -1.64. The molecule has 1 aliphatic rings. The molecule has 0 saturated heterocycles. The van der Waals surface area contributed by atoms with Gasteiger partial charge in [0.1, 0.15) is 18.2 Å². The molecule has 1 heterocycles. The van der Waals surface area contributed by atoms with Crippen LogP contribution in [0.4, 0.5) is 14.5 Å². The second-order valence-corrected chi connectivity index (χ2v) is 13.2. The van der Waals surface area contributed by atoms with Crippen LogP contribution < -0.4 is 13.8 Å². The van der Waals surface area contributed by atoms with Gasteiger partial charge in [-0.2, -0.15) is 0 Å². The number of amides is 1. The van der Waals surface area contributed by atoms with Gasteiger partial charge in [-0.15, -0.1) is 0 Å². The molecule has 236 valence electrons. The molecule has 1 aliphatic heterocycles. The van der Waals surface area contributed by atoms with Gasteiger partial charge >= 0.3 is 0 Å². The van der Waals surface area contributed by atoms with Crippen molar-refractivity contribution < 1.29 is 31.5 Å². The fourth-order valence-corrected chi connectivity index (χ4v) is 7.19. The Morgan fingerprint density at radius 2 is 1.58 bits per heavy atom. The first-order valence-corrected chi connectivity index (χ1v) is 16.1. The highest BCUT2D eigenvalue weighted by Crippen LogP contribution is 2.35. The highest BCUT2D eigenvalue weighted by atomic mass is 35.5. The third kappa shape index (κ3) is 6.62. The predicted molar refractivity (Wildman–Crippen MR) is 170 cm³/mol. The molecule has 0 atom stereocenters. The number of hydrogen-bond acceptors (Lipinski definition) is 5. The van der Waals surface area contributed by atoms with Gasteiger partial charge in [-0.3, -0.25) is 9.10 Å². The van der Waals surface area contributed by atoms with Gasteiger partial charge in [-0.05, 0) is 90.6 Å². The van der Waals surface area contributed by atoms with Crippen LogP contribution in [-0.2, 0) is 34.2 Å². The molecule has 4 aromatic carbocycles. The van der Waals surface area contributed by atoms with E-state index in [0.29, 0.717) is 25.3 Å². The summed E-state index contributed by atoms with van der Waals surface area (Å²) in [5.74, 6) is -1.51. The van der Waals surface area contributed by atoms with Crippen molar-refractivity contribution in [1.29, 1.82) is 0 Å². The fraction of sp³-hybridized carbons (Fsp3) is 0.265. The Labute approximate surface area is 267 Å². The number of nitrogens with zero attached hydrogens (tertiary/aromatic N) is 2. The average Bonchev–Trinajstić information content (AvgIpc) is 3.01. The number of ether oxygens (including phenoxy) is 2. The Balaban J connectivity index is 1.59. The molecule has 0 N–H and O–H groups in total. The van der Waals surface area contributed by atoms with E-state index in [4.69, 9.17) is 21.1 Å². The topological polar surface area (TPSA) is 76.2 Å². The molecule has 0 unspecified atom stereocenters. The molecule has 4 aromatic rings. The minimum absolute atomic E-state index is 0.0640. The van der Waals surface area contributed by atoms with E-state index in [0.717, 1.165) is 33.1 Å².